The van der Waals surface area contributed by atoms with E-state index >= 15 is 0 Å². The van der Waals surface area contributed by atoms with Gasteiger partial charge in [0.25, 0.3) is 0 Å². The quantitative estimate of drug-likeness (QED) is 0.854. The number of nitrogens with one attached hydrogen (secondary N) is 1. The zero-order valence-corrected chi connectivity index (χ0v) is 9.68. The number of aryl methyl sites for hydroxylation is 1. The summed E-state index contributed by atoms with van der Waals surface area (Å²) in [4.78, 5) is 0. The first kappa shape index (κ1) is 10.8. The standard InChI is InChI=1S/C12H16ClNO/c1-9-2-3-11(13)12(6-9)14-7-10-4-5-15-8-10/h2-3,6,10,14H,4-5,7-8H2,1H3. The largest absolute Gasteiger partial charge is 0.383 e. The van der Waals surface area contributed by atoms with Crippen LogP contribution in [0.3, 0.4) is 0 Å². The van der Waals surface area contributed by atoms with Gasteiger partial charge in [-0.05, 0) is 31.0 Å². The van der Waals surface area contributed by atoms with Gasteiger partial charge in [-0.25, -0.2) is 0 Å². The molecule has 15 heavy (non-hydrogen) atoms. The second-order valence-corrected chi connectivity index (χ2v) is 4.50. The van der Waals surface area contributed by atoms with Crippen molar-refractivity contribution in [1.29, 1.82) is 0 Å². The van der Waals surface area contributed by atoms with Crippen molar-refractivity contribution in [1.82, 2.24) is 0 Å². The van der Waals surface area contributed by atoms with E-state index in [1.807, 2.05) is 12.1 Å². The molecule has 1 aromatic rings. The maximum Gasteiger partial charge on any atom is 0.0637 e. The summed E-state index contributed by atoms with van der Waals surface area (Å²) in [6, 6.07) is 6.04. The fraction of sp³-hybridized carbons (Fsp3) is 0.500. The molecule has 1 fully saturated rings. The minimum atomic E-state index is 0.626. The Hall–Kier alpha value is -0.730. The van der Waals surface area contributed by atoms with Crippen LogP contribution < -0.4 is 5.32 Å². The van der Waals surface area contributed by atoms with Crippen molar-refractivity contribution in [2.75, 3.05) is 25.1 Å². The van der Waals surface area contributed by atoms with E-state index in [1.165, 1.54) is 5.56 Å². The predicted molar refractivity (Wildman–Crippen MR) is 63.6 cm³/mol. The SMILES string of the molecule is Cc1ccc(Cl)c(NCC2CCOC2)c1. The van der Waals surface area contributed by atoms with Gasteiger partial charge in [0, 0.05) is 19.1 Å². The Morgan fingerprint density at radius 1 is 1.53 bits per heavy atom. The van der Waals surface area contributed by atoms with E-state index in [-0.39, 0.29) is 0 Å². The lowest BCUT2D eigenvalue weighted by Crippen LogP contribution is -2.14. The van der Waals surface area contributed by atoms with Gasteiger partial charge < -0.3 is 10.1 Å². The molecule has 1 aliphatic rings. The van der Waals surface area contributed by atoms with Crippen molar-refractivity contribution in [3.05, 3.63) is 28.8 Å². The fourth-order valence-electron chi connectivity index (χ4n) is 1.77. The molecule has 1 unspecified atom stereocenters. The molecule has 82 valence electrons. The van der Waals surface area contributed by atoms with Crippen molar-refractivity contribution >= 4 is 17.3 Å². The van der Waals surface area contributed by atoms with Crippen LogP contribution in [0, 0.1) is 12.8 Å². The summed E-state index contributed by atoms with van der Waals surface area (Å²) in [7, 11) is 0. The van der Waals surface area contributed by atoms with Crippen LogP contribution in [-0.4, -0.2) is 19.8 Å². The number of halogens is 1. The van der Waals surface area contributed by atoms with Crippen LogP contribution in [0.15, 0.2) is 18.2 Å². The van der Waals surface area contributed by atoms with Gasteiger partial charge >= 0.3 is 0 Å². The van der Waals surface area contributed by atoms with Crippen molar-refractivity contribution in [3.63, 3.8) is 0 Å². The molecule has 2 nitrogen and oxygen atoms in total. The average molecular weight is 226 g/mol. The van der Waals surface area contributed by atoms with E-state index < -0.39 is 0 Å². The van der Waals surface area contributed by atoms with Crippen molar-refractivity contribution in [3.8, 4) is 0 Å². The van der Waals surface area contributed by atoms with Crippen LogP contribution in [0.4, 0.5) is 5.69 Å². The molecule has 0 amide bonds. The maximum absolute atomic E-state index is 6.09. The van der Waals surface area contributed by atoms with Gasteiger partial charge in [0.15, 0.2) is 0 Å². The Morgan fingerprint density at radius 2 is 2.40 bits per heavy atom. The Bertz CT molecular complexity index is 334. The van der Waals surface area contributed by atoms with Crippen LogP contribution >= 0.6 is 11.6 Å². The highest BCUT2D eigenvalue weighted by Gasteiger charge is 2.15. The van der Waals surface area contributed by atoms with Gasteiger partial charge in [-0.2, -0.15) is 0 Å². The molecule has 1 N–H and O–H groups in total. The zero-order chi connectivity index (χ0) is 10.7. The molecule has 0 saturated carbocycles. The minimum Gasteiger partial charge on any atom is -0.383 e. The summed E-state index contributed by atoms with van der Waals surface area (Å²) in [6.45, 7) is 4.79. The Balaban J connectivity index is 1.94. The van der Waals surface area contributed by atoms with Gasteiger partial charge in [-0.15, -0.1) is 0 Å². The first-order chi connectivity index (χ1) is 7.25. The zero-order valence-electron chi connectivity index (χ0n) is 8.92. The molecule has 2 rings (SSSR count). The van der Waals surface area contributed by atoms with Crippen molar-refractivity contribution in [2.24, 2.45) is 5.92 Å². The lowest BCUT2D eigenvalue weighted by atomic mass is 10.1. The van der Waals surface area contributed by atoms with E-state index in [9.17, 15) is 0 Å². The van der Waals surface area contributed by atoms with Gasteiger partial charge in [0.1, 0.15) is 0 Å². The van der Waals surface area contributed by atoms with E-state index in [0.29, 0.717) is 5.92 Å². The molecule has 0 spiro atoms. The topological polar surface area (TPSA) is 21.3 Å². The third-order valence-corrected chi connectivity index (χ3v) is 3.06. The second-order valence-electron chi connectivity index (χ2n) is 4.09. The van der Waals surface area contributed by atoms with Crippen LogP contribution in [0.25, 0.3) is 0 Å². The maximum atomic E-state index is 6.09. The monoisotopic (exact) mass is 225 g/mol. The number of anilines is 1. The number of hydrogen-bond acceptors (Lipinski definition) is 2. The lowest BCUT2D eigenvalue weighted by Gasteiger charge is -2.12. The third-order valence-electron chi connectivity index (χ3n) is 2.73. The van der Waals surface area contributed by atoms with E-state index in [0.717, 1.165) is 36.9 Å². The summed E-state index contributed by atoms with van der Waals surface area (Å²) in [6.07, 6.45) is 1.15. The molecule has 3 heteroatoms. The number of ether oxygens (including phenoxy) is 1. The third kappa shape index (κ3) is 2.86. The van der Waals surface area contributed by atoms with Gasteiger partial charge in [0.05, 0.1) is 17.3 Å². The summed E-state index contributed by atoms with van der Waals surface area (Å²) in [5.41, 5.74) is 2.26. The summed E-state index contributed by atoms with van der Waals surface area (Å²) >= 11 is 6.09. The molecule has 1 aromatic carbocycles. The average Bonchev–Trinajstić information content (AvgIpc) is 2.72. The molecule has 1 aliphatic heterocycles. The molecule has 0 radical (unpaired) electrons. The lowest BCUT2D eigenvalue weighted by molar-refractivity contribution is 0.187. The number of benzene rings is 1. The smallest absolute Gasteiger partial charge is 0.0637 e. The van der Waals surface area contributed by atoms with Crippen LogP contribution in [0.1, 0.15) is 12.0 Å². The summed E-state index contributed by atoms with van der Waals surface area (Å²) in [5, 5.41) is 4.17. The number of hydrogen-bond donors (Lipinski definition) is 1. The van der Waals surface area contributed by atoms with E-state index in [4.69, 9.17) is 16.3 Å². The molecule has 1 heterocycles. The molecule has 0 bridgehead atoms. The van der Waals surface area contributed by atoms with E-state index in [2.05, 4.69) is 18.3 Å². The summed E-state index contributed by atoms with van der Waals surface area (Å²) in [5.74, 6) is 0.626. The molecule has 0 aliphatic carbocycles. The van der Waals surface area contributed by atoms with Crippen molar-refractivity contribution in [2.45, 2.75) is 13.3 Å². The molecular weight excluding hydrogens is 210 g/mol. The Kier molecular flexibility index (Phi) is 3.49. The highest BCUT2D eigenvalue weighted by molar-refractivity contribution is 6.33. The van der Waals surface area contributed by atoms with E-state index in [1.54, 1.807) is 0 Å². The molecule has 1 saturated heterocycles. The Morgan fingerprint density at radius 3 is 3.13 bits per heavy atom. The van der Waals surface area contributed by atoms with Gasteiger partial charge in [-0.3, -0.25) is 0 Å². The predicted octanol–water partition coefficient (Wildman–Crippen LogP) is 3.10. The van der Waals surface area contributed by atoms with Crippen LogP contribution in [-0.2, 0) is 4.74 Å². The normalized spacial score (nSPS) is 20.5. The summed E-state index contributed by atoms with van der Waals surface area (Å²) < 4.78 is 5.33. The second kappa shape index (κ2) is 4.86. The molecule has 1 atom stereocenters. The van der Waals surface area contributed by atoms with Crippen LogP contribution in [0.2, 0.25) is 5.02 Å². The first-order valence-corrected chi connectivity index (χ1v) is 5.71. The highest BCUT2D eigenvalue weighted by atomic mass is 35.5. The fourth-order valence-corrected chi connectivity index (χ4v) is 1.96. The first-order valence-electron chi connectivity index (χ1n) is 5.33. The molecular formula is C12H16ClNO. The van der Waals surface area contributed by atoms with Gasteiger partial charge in [-0.1, -0.05) is 17.7 Å². The van der Waals surface area contributed by atoms with Crippen LogP contribution in [0.5, 0.6) is 0 Å². The highest BCUT2D eigenvalue weighted by Crippen LogP contribution is 2.23. The number of rotatable bonds is 3. The minimum absolute atomic E-state index is 0.626. The molecule has 0 aromatic heterocycles. The Labute approximate surface area is 95.6 Å². The van der Waals surface area contributed by atoms with Gasteiger partial charge in [0.2, 0.25) is 0 Å². The van der Waals surface area contributed by atoms with Crippen molar-refractivity contribution < 1.29 is 4.74 Å².